The lowest BCUT2D eigenvalue weighted by molar-refractivity contribution is -0.137. The lowest BCUT2D eigenvalue weighted by Crippen LogP contribution is -2.11. The molecule has 0 unspecified atom stereocenters. The number of esters is 1. The fourth-order valence-corrected chi connectivity index (χ4v) is 1.54. The smallest absolute Gasteiger partial charge is 0.434 e. The Morgan fingerprint density at radius 3 is 1.94 bits per heavy atom. The first-order valence-corrected chi connectivity index (χ1v) is 6.52. The second-order valence-corrected chi connectivity index (χ2v) is 4.17. The van der Waals surface area contributed by atoms with E-state index in [0.717, 1.165) is 12.8 Å². The molecule has 0 aliphatic rings. The lowest BCUT2D eigenvalue weighted by atomic mass is 10.1. The second-order valence-electron chi connectivity index (χ2n) is 4.17. The summed E-state index contributed by atoms with van der Waals surface area (Å²) in [5.41, 5.74) is 0. The summed E-state index contributed by atoms with van der Waals surface area (Å²) >= 11 is 0. The van der Waals surface area contributed by atoms with Crippen LogP contribution in [0.25, 0.3) is 0 Å². The van der Waals surface area contributed by atoms with Crippen LogP contribution < -0.4 is 0 Å². The number of unbranched alkanes of at least 4 members (excludes halogenated alkanes) is 7. The molecule has 0 heterocycles. The minimum Gasteiger partial charge on any atom is -0.434 e. The van der Waals surface area contributed by atoms with Crippen molar-refractivity contribution in [1.82, 2.24) is 0 Å². The standard InChI is InChI=1S/C13H24O4/c1-3-4-5-6-7-8-9-10-11-16-13(15)17-12(2)14/h3-11H2,1-2H3. The highest BCUT2D eigenvalue weighted by molar-refractivity contribution is 5.79. The predicted octanol–water partition coefficient (Wildman–Crippen LogP) is 3.83. The molecule has 0 N–H and O–H groups in total. The van der Waals surface area contributed by atoms with Gasteiger partial charge in [0.1, 0.15) is 0 Å². The van der Waals surface area contributed by atoms with Crippen molar-refractivity contribution in [1.29, 1.82) is 0 Å². The quantitative estimate of drug-likeness (QED) is 0.351. The fraction of sp³-hybridized carbons (Fsp3) is 0.846. The Hall–Kier alpha value is -1.06. The van der Waals surface area contributed by atoms with Gasteiger partial charge < -0.3 is 9.47 Å². The molecule has 0 aliphatic carbocycles. The first-order chi connectivity index (χ1) is 8.16. The maximum absolute atomic E-state index is 10.8. The summed E-state index contributed by atoms with van der Waals surface area (Å²) in [6, 6.07) is 0. The average molecular weight is 244 g/mol. The fourth-order valence-electron chi connectivity index (χ4n) is 1.54. The summed E-state index contributed by atoms with van der Waals surface area (Å²) < 4.78 is 8.94. The molecule has 0 aromatic carbocycles. The molecule has 0 rings (SSSR count). The van der Waals surface area contributed by atoms with Crippen LogP contribution in [-0.4, -0.2) is 18.7 Å². The normalized spacial score (nSPS) is 10.0. The van der Waals surface area contributed by atoms with Crippen molar-refractivity contribution in [2.75, 3.05) is 6.61 Å². The van der Waals surface area contributed by atoms with Crippen LogP contribution in [0.4, 0.5) is 4.79 Å². The van der Waals surface area contributed by atoms with Gasteiger partial charge in [-0.25, -0.2) is 4.79 Å². The van der Waals surface area contributed by atoms with Crippen molar-refractivity contribution in [3.63, 3.8) is 0 Å². The van der Waals surface area contributed by atoms with Crippen LogP contribution in [0.5, 0.6) is 0 Å². The lowest BCUT2D eigenvalue weighted by Gasteiger charge is -2.03. The van der Waals surface area contributed by atoms with E-state index < -0.39 is 12.1 Å². The Labute approximate surface area is 104 Å². The number of rotatable bonds is 9. The number of carbonyl (C=O) groups is 2. The molecule has 0 aromatic rings. The highest BCUT2D eigenvalue weighted by Gasteiger charge is 2.05. The highest BCUT2D eigenvalue weighted by atomic mass is 16.7. The van der Waals surface area contributed by atoms with Crippen molar-refractivity contribution in [3.8, 4) is 0 Å². The minimum atomic E-state index is -0.888. The number of ether oxygens (including phenoxy) is 2. The van der Waals surface area contributed by atoms with Gasteiger partial charge in [-0.3, -0.25) is 4.79 Å². The van der Waals surface area contributed by atoms with Gasteiger partial charge in [-0.1, -0.05) is 51.9 Å². The number of carbonyl (C=O) groups excluding carboxylic acids is 2. The van der Waals surface area contributed by atoms with Gasteiger partial charge in [0.25, 0.3) is 0 Å². The topological polar surface area (TPSA) is 52.6 Å². The van der Waals surface area contributed by atoms with Gasteiger partial charge in [0.2, 0.25) is 0 Å². The van der Waals surface area contributed by atoms with Gasteiger partial charge in [-0.15, -0.1) is 0 Å². The van der Waals surface area contributed by atoms with E-state index in [0.29, 0.717) is 6.61 Å². The molecule has 0 atom stereocenters. The molecule has 0 spiro atoms. The summed E-state index contributed by atoms with van der Waals surface area (Å²) in [5, 5.41) is 0. The molecule has 0 bridgehead atoms. The Balaban J connectivity index is 3.13. The Bertz CT molecular complexity index is 213. The summed E-state index contributed by atoms with van der Waals surface area (Å²) in [5.74, 6) is -0.633. The van der Waals surface area contributed by atoms with Crippen molar-refractivity contribution >= 4 is 12.1 Å². The third kappa shape index (κ3) is 12.9. The molecule has 0 saturated carbocycles. The van der Waals surface area contributed by atoms with Crippen LogP contribution in [0.1, 0.15) is 65.2 Å². The zero-order valence-corrected chi connectivity index (χ0v) is 11.0. The second kappa shape index (κ2) is 11.4. The van der Waals surface area contributed by atoms with Gasteiger partial charge in [0, 0.05) is 6.92 Å². The van der Waals surface area contributed by atoms with E-state index in [4.69, 9.17) is 4.74 Å². The van der Waals surface area contributed by atoms with E-state index in [-0.39, 0.29) is 0 Å². The van der Waals surface area contributed by atoms with E-state index >= 15 is 0 Å². The maximum atomic E-state index is 10.8. The third-order valence-electron chi connectivity index (χ3n) is 2.44. The van der Waals surface area contributed by atoms with E-state index in [1.165, 1.54) is 45.4 Å². The average Bonchev–Trinajstić information content (AvgIpc) is 2.26. The number of hydrogen-bond donors (Lipinski definition) is 0. The van der Waals surface area contributed by atoms with Crippen molar-refractivity contribution < 1.29 is 19.1 Å². The van der Waals surface area contributed by atoms with Crippen LogP contribution in [-0.2, 0) is 14.3 Å². The summed E-state index contributed by atoms with van der Waals surface area (Å²) in [4.78, 5) is 21.2. The maximum Gasteiger partial charge on any atom is 0.516 e. The van der Waals surface area contributed by atoms with Crippen molar-refractivity contribution in [3.05, 3.63) is 0 Å². The van der Waals surface area contributed by atoms with Gasteiger partial charge >= 0.3 is 12.1 Å². The largest absolute Gasteiger partial charge is 0.516 e. The SMILES string of the molecule is CCCCCCCCCCOC(=O)OC(C)=O. The van der Waals surface area contributed by atoms with Gasteiger partial charge in [0.15, 0.2) is 0 Å². The van der Waals surface area contributed by atoms with Gasteiger partial charge in [0.05, 0.1) is 6.61 Å². The zero-order chi connectivity index (χ0) is 12.9. The molecule has 4 nitrogen and oxygen atoms in total. The molecule has 0 aromatic heterocycles. The first kappa shape index (κ1) is 15.9. The van der Waals surface area contributed by atoms with Crippen LogP contribution >= 0.6 is 0 Å². The molecule has 0 saturated heterocycles. The van der Waals surface area contributed by atoms with E-state index in [1.807, 2.05) is 0 Å². The van der Waals surface area contributed by atoms with Crippen LogP contribution in [0, 0.1) is 0 Å². The Kier molecular flexibility index (Phi) is 10.7. The third-order valence-corrected chi connectivity index (χ3v) is 2.44. The van der Waals surface area contributed by atoms with Crippen molar-refractivity contribution in [2.45, 2.75) is 65.2 Å². The molecule has 0 radical (unpaired) electrons. The molecule has 0 fully saturated rings. The molecule has 4 heteroatoms. The Morgan fingerprint density at radius 1 is 0.882 bits per heavy atom. The summed E-state index contributed by atoms with van der Waals surface area (Å²) in [7, 11) is 0. The summed E-state index contributed by atoms with van der Waals surface area (Å²) in [6.07, 6.45) is 8.62. The highest BCUT2D eigenvalue weighted by Crippen LogP contribution is 2.08. The van der Waals surface area contributed by atoms with Gasteiger partial charge in [-0.2, -0.15) is 0 Å². The van der Waals surface area contributed by atoms with Crippen molar-refractivity contribution in [2.24, 2.45) is 0 Å². The zero-order valence-electron chi connectivity index (χ0n) is 11.0. The first-order valence-electron chi connectivity index (χ1n) is 6.52. The number of hydrogen-bond acceptors (Lipinski definition) is 4. The molecular formula is C13H24O4. The van der Waals surface area contributed by atoms with E-state index in [1.54, 1.807) is 0 Å². The molecule has 100 valence electrons. The summed E-state index contributed by atoms with van der Waals surface area (Å²) in [6.45, 7) is 3.72. The van der Waals surface area contributed by atoms with E-state index in [2.05, 4.69) is 11.7 Å². The monoisotopic (exact) mass is 244 g/mol. The van der Waals surface area contributed by atoms with Crippen LogP contribution in [0.3, 0.4) is 0 Å². The van der Waals surface area contributed by atoms with E-state index in [9.17, 15) is 9.59 Å². The Morgan fingerprint density at radius 2 is 1.41 bits per heavy atom. The van der Waals surface area contributed by atoms with Crippen LogP contribution in [0.15, 0.2) is 0 Å². The minimum absolute atomic E-state index is 0.334. The predicted molar refractivity (Wildman–Crippen MR) is 65.7 cm³/mol. The van der Waals surface area contributed by atoms with Gasteiger partial charge in [-0.05, 0) is 6.42 Å². The van der Waals surface area contributed by atoms with Crippen LogP contribution in [0.2, 0.25) is 0 Å². The molecule has 0 amide bonds. The molecule has 0 aliphatic heterocycles. The molecule has 17 heavy (non-hydrogen) atoms. The molecular weight excluding hydrogens is 220 g/mol.